The Morgan fingerprint density at radius 3 is 0.706 bits per heavy atom. The zero-order chi connectivity index (χ0) is 25.5. The van der Waals surface area contributed by atoms with Crippen molar-refractivity contribution in [2.24, 2.45) is 0 Å². The van der Waals surface area contributed by atoms with E-state index < -0.39 is 23.1 Å². The molecule has 182 valence electrons. The van der Waals surface area contributed by atoms with Gasteiger partial charge in [-0.25, -0.2) is 0 Å². The molecule has 3 aromatic carbocycles. The SMILES string of the molecule is Cc1cc(C)c(C)c([O][Bi]([O]c2c(C)c(C)cc(C)c2C)[O]c2c(C)c(C)cc(C)c2C)c1C. The van der Waals surface area contributed by atoms with Crippen LogP contribution in [0.1, 0.15) is 66.8 Å². The summed E-state index contributed by atoms with van der Waals surface area (Å²) in [6, 6.07) is 6.67. The topological polar surface area (TPSA) is 27.7 Å². The van der Waals surface area contributed by atoms with Crippen LogP contribution in [0.4, 0.5) is 0 Å². The summed E-state index contributed by atoms with van der Waals surface area (Å²) in [5.74, 6) is 2.74. The molecule has 0 unspecified atom stereocenters. The van der Waals surface area contributed by atoms with Crippen LogP contribution in [0.25, 0.3) is 0 Å². The van der Waals surface area contributed by atoms with Crippen LogP contribution in [0.3, 0.4) is 0 Å². The first-order chi connectivity index (χ1) is 15.8. The number of aryl methyl sites for hydroxylation is 6. The molecule has 0 N–H and O–H groups in total. The fourth-order valence-electron chi connectivity index (χ4n) is 4.23. The van der Waals surface area contributed by atoms with Gasteiger partial charge in [-0.15, -0.1) is 0 Å². The molecule has 0 saturated carbocycles. The number of hydrogen-bond donors (Lipinski definition) is 0. The average Bonchev–Trinajstić information content (AvgIpc) is 2.77. The van der Waals surface area contributed by atoms with Crippen molar-refractivity contribution in [2.75, 3.05) is 0 Å². The van der Waals surface area contributed by atoms with Crippen LogP contribution in [-0.4, -0.2) is 23.1 Å². The summed E-state index contributed by atoms with van der Waals surface area (Å²) in [4.78, 5) is 0. The molecule has 0 radical (unpaired) electrons. The standard InChI is InChI=1S/3C10H14O.Bi/c3*1-6-5-7(2)9(4)10(11)8(6)3;/h3*5,11H,1-4H3;/q;;;+3/p-3. The first-order valence-electron chi connectivity index (χ1n) is 11.9. The molecule has 4 heteroatoms. The van der Waals surface area contributed by atoms with Crippen molar-refractivity contribution in [1.82, 2.24) is 0 Å². The molecule has 0 aliphatic heterocycles. The minimum absolute atomic E-state index is 0.912. The van der Waals surface area contributed by atoms with Gasteiger partial charge in [-0.2, -0.15) is 0 Å². The summed E-state index contributed by atoms with van der Waals surface area (Å²) in [5.41, 5.74) is 14.2. The summed E-state index contributed by atoms with van der Waals surface area (Å²) in [6.45, 7) is 25.6. The Labute approximate surface area is 216 Å². The normalized spacial score (nSPS) is 11.2. The molecule has 0 amide bonds. The Hall–Kier alpha value is -2.06. The van der Waals surface area contributed by atoms with Crippen molar-refractivity contribution >= 4 is 23.1 Å². The Balaban J connectivity index is 2.15. The van der Waals surface area contributed by atoms with Crippen LogP contribution >= 0.6 is 0 Å². The van der Waals surface area contributed by atoms with Gasteiger partial charge in [-0.3, -0.25) is 0 Å². The molecular formula is C30H39BiO3. The Kier molecular flexibility index (Phi) is 8.03. The third kappa shape index (κ3) is 5.13. The second-order valence-electron chi connectivity index (χ2n) is 9.77. The van der Waals surface area contributed by atoms with Crippen LogP contribution in [-0.2, 0) is 0 Å². The first-order valence-corrected chi connectivity index (χ1v) is 16.2. The van der Waals surface area contributed by atoms with Gasteiger partial charge >= 0.3 is 217 Å². The zero-order valence-corrected chi connectivity index (χ0v) is 26.4. The fraction of sp³-hybridized carbons (Fsp3) is 0.400. The molecule has 0 aliphatic rings. The number of benzene rings is 3. The predicted molar refractivity (Wildman–Crippen MR) is 144 cm³/mol. The fourth-order valence-corrected chi connectivity index (χ4v) is 9.60. The predicted octanol–water partition coefficient (Wildman–Crippen LogP) is 7.91. The van der Waals surface area contributed by atoms with Gasteiger partial charge in [0.2, 0.25) is 0 Å². The third-order valence-corrected chi connectivity index (χ3v) is 11.3. The van der Waals surface area contributed by atoms with E-state index in [0.29, 0.717) is 0 Å². The first kappa shape index (κ1) is 26.5. The van der Waals surface area contributed by atoms with Crippen LogP contribution in [0.15, 0.2) is 18.2 Å². The molecule has 3 nitrogen and oxygen atoms in total. The molecule has 0 heterocycles. The van der Waals surface area contributed by atoms with Gasteiger partial charge in [0.1, 0.15) is 0 Å². The summed E-state index contributed by atoms with van der Waals surface area (Å²) in [5, 5.41) is 0. The third-order valence-electron chi connectivity index (χ3n) is 7.39. The van der Waals surface area contributed by atoms with Crippen molar-refractivity contribution in [1.29, 1.82) is 0 Å². The molecule has 3 aromatic rings. The maximum absolute atomic E-state index is 6.78. The quantitative estimate of drug-likeness (QED) is 0.253. The van der Waals surface area contributed by atoms with Gasteiger partial charge in [0.05, 0.1) is 0 Å². The van der Waals surface area contributed by atoms with Gasteiger partial charge < -0.3 is 0 Å². The van der Waals surface area contributed by atoms with Crippen LogP contribution in [0.2, 0.25) is 0 Å². The van der Waals surface area contributed by atoms with Crippen molar-refractivity contribution in [3.63, 3.8) is 0 Å². The van der Waals surface area contributed by atoms with Crippen molar-refractivity contribution in [3.05, 3.63) is 85.0 Å². The second-order valence-corrected chi connectivity index (χ2v) is 13.6. The van der Waals surface area contributed by atoms with E-state index in [1.54, 1.807) is 0 Å². The summed E-state index contributed by atoms with van der Waals surface area (Å²) in [6.07, 6.45) is 0. The summed E-state index contributed by atoms with van der Waals surface area (Å²) < 4.78 is 20.4. The van der Waals surface area contributed by atoms with E-state index in [-0.39, 0.29) is 0 Å². The molecule has 0 saturated heterocycles. The molecule has 0 atom stereocenters. The molecular weight excluding hydrogens is 617 g/mol. The van der Waals surface area contributed by atoms with Crippen molar-refractivity contribution in [2.45, 2.75) is 83.1 Å². The van der Waals surface area contributed by atoms with E-state index in [2.05, 4.69) is 101 Å². The van der Waals surface area contributed by atoms with Gasteiger partial charge in [-0.05, 0) is 0 Å². The molecule has 0 aliphatic carbocycles. The molecule has 0 aromatic heterocycles. The molecule has 3 rings (SSSR count). The Morgan fingerprint density at radius 2 is 0.529 bits per heavy atom. The number of hydrogen-bond acceptors (Lipinski definition) is 3. The van der Waals surface area contributed by atoms with Gasteiger partial charge in [-0.1, -0.05) is 0 Å². The molecule has 0 bridgehead atoms. The van der Waals surface area contributed by atoms with Crippen molar-refractivity contribution < 1.29 is 8.44 Å². The zero-order valence-electron chi connectivity index (χ0n) is 22.9. The Morgan fingerprint density at radius 1 is 0.353 bits per heavy atom. The van der Waals surface area contributed by atoms with E-state index in [9.17, 15) is 0 Å². The molecule has 0 spiro atoms. The second kappa shape index (κ2) is 10.3. The van der Waals surface area contributed by atoms with Gasteiger partial charge in [0.15, 0.2) is 0 Å². The van der Waals surface area contributed by atoms with E-state index in [4.69, 9.17) is 8.44 Å². The van der Waals surface area contributed by atoms with Gasteiger partial charge in [0.25, 0.3) is 0 Å². The minimum atomic E-state index is -3.53. The Bertz CT molecular complexity index is 1020. The van der Waals surface area contributed by atoms with Crippen molar-refractivity contribution in [3.8, 4) is 17.2 Å². The molecule has 0 fully saturated rings. The monoisotopic (exact) mass is 656 g/mol. The number of rotatable bonds is 6. The van der Waals surface area contributed by atoms with E-state index in [1.165, 1.54) is 33.4 Å². The summed E-state index contributed by atoms with van der Waals surface area (Å²) >= 11 is -3.53. The maximum atomic E-state index is 6.78. The van der Waals surface area contributed by atoms with E-state index in [1.807, 2.05) is 0 Å². The van der Waals surface area contributed by atoms with Crippen LogP contribution in [0.5, 0.6) is 17.2 Å². The summed E-state index contributed by atoms with van der Waals surface area (Å²) in [7, 11) is 0. The van der Waals surface area contributed by atoms with E-state index in [0.717, 1.165) is 50.6 Å². The van der Waals surface area contributed by atoms with Crippen LogP contribution in [0, 0.1) is 83.1 Å². The van der Waals surface area contributed by atoms with Gasteiger partial charge in [0, 0.05) is 0 Å². The van der Waals surface area contributed by atoms with E-state index >= 15 is 0 Å². The average molecular weight is 657 g/mol. The van der Waals surface area contributed by atoms with Crippen LogP contribution < -0.4 is 8.44 Å². The molecule has 34 heavy (non-hydrogen) atoms.